The number of hydrogen-bond donors (Lipinski definition) is 1. The molecule has 78 valence electrons. The van der Waals surface area contributed by atoms with Crippen molar-refractivity contribution in [3.05, 3.63) is 23.3 Å². The van der Waals surface area contributed by atoms with Crippen molar-refractivity contribution in [3.63, 3.8) is 0 Å². The fourth-order valence-corrected chi connectivity index (χ4v) is 2.68. The van der Waals surface area contributed by atoms with Gasteiger partial charge >= 0.3 is 0 Å². The summed E-state index contributed by atoms with van der Waals surface area (Å²) in [4.78, 5) is 13.7. The number of nitrogens with two attached hydrogens (primary N) is 1. The number of nitrogens with zero attached hydrogens (tertiary/aromatic N) is 1. The van der Waals surface area contributed by atoms with Crippen LogP contribution in [0.2, 0.25) is 0 Å². The third-order valence-electron chi connectivity index (χ3n) is 3.30. The van der Waals surface area contributed by atoms with Crippen LogP contribution in [0.25, 0.3) is 0 Å². The Labute approximate surface area is 88.9 Å². The number of carbonyl (C=O) groups is 1. The smallest absolute Gasteiger partial charge is 0.227 e. The summed E-state index contributed by atoms with van der Waals surface area (Å²) in [6, 6.07) is 4.03. The fourth-order valence-electron chi connectivity index (χ4n) is 2.68. The molecule has 1 amide bonds. The molecule has 2 N–H and O–H groups in total. The van der Waals surface area contributed by atoms with E-state index < -0.39 is 0 Å². The van der Waals surface area contributed by atoms with Crippen molar-refractivity contribution < 1.29 is 4.79 Å². The molecule has 0 spiro atoms. The lowest BCUT2D eigenvalue weighted by molar-refractivity contribution is -0.119. The molecule has 2 heterocycles. The molecule has 1 aromatic rings. The minimum absolute atomic E-state index is 0.272. The number of rotatable bonds is 0. The molecule has 0 atom stereocenters. The molecule has 0 saturated carbocycles. The number of hydrogen-bond acceptors (Lipinski definition) is 2. The maximum Gasteiger partial charge on any atom is 0.227 e. The molecule has 2 aliphatic heterocycles. The summed E-state index contributed by atoms with van der Waals surface area (Å²) < 4.78 is 0. The van der Waals surface area contributed by atoms with Gasteiger partial charge < -0.3 is 10.6 Å². The number of amides is 1. The average molecular weight is 202 g/mol. The van der Waals surface area contributed by atoms with Gasteiger partial charge in [0.25, 0.3) is 0 Å². The van der Waals surface area contributed by atoms with Crippen molar-refractivity contribution in [2.75, 3.05) is 17.2 Å². The Morgan fingerprint density at radius 3 is 2.67 bits per heavy atom. The monoisotopic (exact) mass is 202 g/mol. The highest BCUT2D eigenvalue weighted by molar-refractivity contribution is 5.98. The molecule has 0 unspecified atom stereocenters. The number of nitrogen functional groups attached to an aromatic ring is 1. The van der Waals surface area contributed by atoms with Gasteiger partial charge in [-0.3, -0.25) is 4.79 Å². The van der Waals surface area contributed by atoms with Gasteiger partial charge in [0.1, 0.15) is 0 Å². The van der Waals surface area contributed by atoms with E-state index in [0.29, 0.717) is 6.42 Å². The van der Waals surface area contributed by atoms with Crippen LogP contribution in [0.3, 0.4) is 0 Å². The molecule has 0 radical (unpaired) electrons. The van der Waals surface area contributed by atoms with Gasteiger partial charge in [-0.2, -0.15) is 0 Å². The largest absolute Gasteiger partial charge is 0.399 e. The molecule has 0 aliphatic carbocycles. The Bertz CT molecular complexity index is 422. The Balaban J connectivity index is 2.22. The standard InChI is InChI=1S/C12H14N2O/c13-10-6-8-2-1-5-14-11(15)4-3-9(7-10)12(8)14/h6-7H,1-5,13H2. The summed E-state index contributed by atoms with van der Waals surface area (Å²) in [6.45, 7) is 0.878. The molecule has 3 rings (SSSR count). The fraction of sp³-hybridized carbons (Fsp3) is 0.417. The molecule has 2 aliphatic rings. The topological polar surface area (TPSA) is 46.3 Å². The van der Waals surface area contributed by atoms with Gasteiger partial charge in [-0.1, -0.05) is 0 Å². The lowest BCUT2D eigenvalue weighted by atomic mass is 9.91. The zero-order valence-electron chi connectivity index (χ0n) is 8.62. The van der Waals surface area contributed by atoms with Gasteiger partial charge in [-0.25, -0.2) is 0 Å². The summed E-state index contributed by atoms with van der Waals surface area (Å²) >= 11 is 0. The number of anilines is 2. The zero-order valence-corrected chi connectivity index (χ0v) is 8.62. The third-order valence-corrected chi connectivity index (χ3v) is 3.30. The first-order chi connectivity index (χ1) is 7.25. The molecule has 0 fully saturated rings. The van der Waals surface area contributed by atoms with Gasteiger partial charge in [0, 0.05) is 18.7 Å². The van der Waals surface area contributed by atoms with Crippen molar-refractivity contribution in [2.24, 2.45) is 0 Å². The van der Waals surface area contributed by atoms with E-state index in [4.69, 9.17) is 5.73 Å². The second-order valence-electron chi connectivity index (χ2n) is 4.34. The second-order valence-corrected chi connectivity index (χ2v) is 4.34. The van der Waals surface area contributed by atoms with Crippen LogP contribution in [0.4, 0.5) is 11.4 Å². The first-order valence-corrected chi connectivity index (χ1v) is 5.47. The SMILES string of the molecule is Nc1cc2c3c(c1)CCC(=O)N3CCC2. The number of benzene rings is 1. The van der Waals surface area contributed by atoms with E-state index >= 15 is 0 Å². The Kier molecular flexibility index (Phi) is 1.75. The van der Waals surface area contributed by atoms with Crippen molar-refractivity contribution in [3.8, 4) is 0 Å². The van der Waals surface area contributed by atoms with Crippen LogP contribution >= 0.6 is 0 Å². The van der Waals surface area contributed by atoms with Crippen LogP contribution in [0.5, 0.6) is 0 Å². The molecule has 3 heteroatoms. The molecule has 0 saturated heterocycles. The Hall–Kier alpha value is -1.51. The maximum atomic E-state index is 11.8. The summed E-state index contributed by atoms with van der Waals surface area (Å²) in [5.74, 6) is 0.272. The first kappa shape index (κ1) is 8.77. The second kappa shape index (κ2) is 2.99. The minimum atomic E-state index is 0.272. The van der Waals surface area contributed by atoms with E-state index in [9.17, 15) is 4.79 Å². The number of aryl methyl sites for hydroxylation is 2. The Morgan fingerprint density at radius 1 is 1.13 bits per heavy atom. The van der Waals surface area contributed by atoms with Gasteiger partial charge in [-0.15, -0.1) is 0 Å². The summed E-state index contributed by atoms with van der Waals surface area (Å²) in [7, 11) is 0. The molecule has 0 bridgehead atoms. The van der Waals surface area contributed by atoms with Crippen molar-refractivity contribution >= 4 is 17.3 Å². The van der Waals surface area contributed by atoms with Crippen LogP contribution in [0.1, 0.15) is 24.0 Å². The van der Waals surface area contributed by atoms with Crippen LogP contribution in [-0.4, -0.2) is 12.5 Å². The summed E-state index contributed by atoms with van der Waals surface area (Å²) in [6.07, 6.45) is 3.59. The van der Waals surface area contributed by atoms with Gasteiger partial charge in [-0.05, 0) is 42.5 Å². The van der Waals surface area contributed by atoms with E-state index in [1.807, 2.05) is 17.0 Å². The molecule has 15 heavy (non-hydrogen) atoms. The average Bonchev–Trinajstić information content (AvgIpc) is 2.23. The highest BCUT2D eigenvalue weighted by atomic mass is 16.2. The van der Waals surface area contributed by atoms with Gasteiger partial charge in [0.05, 0.1) is 5.69 Å². The summed E-state index contributed by atoms with van der Waals surface area (Å²) in [5, 5.41) is 0. The van der Waals surface area contributed by atoms with Crippen LogP contribution in [-0.2, 0) is 17.6 Å². The first-order valence-electron chi connectivity index (χ1n) is 5.47. The molecular formula is C12H14N2O. The molecule has 1 aromatic carbocycles. The van der Waals surface area contributed by atoms with Crippen LogP contribution in [0, 0.1) is 0 Å². The predicted molar refractivity (Wildman–Crippen MR) is 59.8 cm³/mol. The number of carbonyl (C=O) groups excluding carboxylic acids is 1. The van der Waals surface area contributed by atoms with Crippen molar-refractivity contribution in [2.45, 2.75) is 25.7 Å². The van der Waals surface area contributed by atoms with E-state index in [-0.39, 0.29) is 5.91 Å². The Morgan fingerprint density at radius 2 is 1.87 bits per heavy atom. The van der Waals surface area contributed by atoms with Gasteiger partial charge in [0.2, 0.25) is 5.91 Å². The zero-order chi connectivity index (χ0) is 10.4. The van der Waals surface area contributed by atoms with Crippen LogP contribution in [0.15, 0.2) is 12.1 Å². The molecule has 3 nitrogen and oxygen atoms in total. The lowest BCUT2D eigenvalue weighted by Gasteiger charge is -2.35. The maximum absolute atomic E-state index is 11.8. The van der Waals surface area contributed by atoms with E-state index in [1.54, 1.807) is 0 Å². The van der Waals surface area contributed by atoms with E-state index in [0.717, 1.165) is 37.2 Å². The van der Waals surface area contributed by atoms with Crippen molar-refractivity contribution in [1.82, 2.24) is 0 Å². The van der Waals surface area contributed by atoms with Gasteiger partial charge in [0.15, 0.2) is 0 Å². The normalized spacial score (nSPS) is 18.9. The highest BCUT2D eigenvalue weighted by Gasteiger charge is 2.29. The van der Waals surface area contributed by atoms with Crippen molar-refractivity contribution in [1.29, 1.82) is 0 Å². The molecule has 0 aromatic heterocycles. The van der Waals surface area contributed by atoms with E-state index in [2.05, 4.69) is 0 Å². The lowest BCUT2D eigenvalue weighted by Crippen LogP contribution is -2.39. The molecular weight excluding hydrogens is 188 g/mol. The predicted octanol–water partition coefficient (Wildman–Crippen LogP) is 1.49. The van der Waals surface area contributed by atoms with E-state index in [1.165, 1.54) is 11.1 Å². The highest BCUT2D eigenvalue weighted by Crippen LogP contribution is 2.36. The summed E-state index contributed by atoms with van der Waals surface area (Å²) in [5.41, 5.74) is 10.4. The minimum Gasteiger partial charge on any atom is -0.399 e. The third kappa shape index (κ3) is 1.23. The quantitative estimate of drug-likeness (QED) is 0.648. The van der Waals surface area contributed by atoms with Crippen LogP contribution < -0.4 is 10.6 Å².